The van der Waals surface area contributed by atoms with Gasteiger partial charge >= 0.3 is 0 Å². The van der Waals surface area contributed by atoms with Crippen molar-refractivity contribution in [2.24, 2.45) is 11.3 Å². The molecule has 3 aliphatic carbocycles. The van der Waals surface area contributed by atoms with Crippen LogP contribution in [0.1, 0.15) is 38.7 Å². The van der Waals surface area contributed by atoms with Crippen LogP contribution in [0.15, 0.2) is 77.4 Å². The monoisotopic (exact) mass is 450 g/mol. The van der Waals surface area contributed by atoms with Gasteiger partial charge in [-0.3, -0.25) is 0 Å². The molecule has 0 amide bonds. The molecule has 3 aliphatic rings. The quantitative estimate of drug-likeness (QED) is 0.396. The molecule has 0 nitrogen and oxygen atoms in total. The standard InChI is InChI=1S/C25H23I/c1-25(2)22-10-6-5-8-19(22)20-12-11-16(15-23(20)25)17-13-14-24(26)21-9-4-3-7-18(17)21/h3-4,6-7,9-14,23H,5,8,15H2,1-2H3. The van der Waals surface area contributed by atoms with Crippen LogP contribution in [0.25, 0.3) is 16.3 Å². The molecule has 0 fully saturated rings. The highest BCUT2D eigenvalue weighted by atomic mass is 127. The van der Waals surface area contributed by atoms with E-state index >= 15 is 0 Å². The predicted molar refractivity (Wildman–Crippen MR) is 120 cm³/mol. The molecule has 0 saturated heterocycles. The van der Waals surface area contributed by atoms with Crippen LogP contribution in [0.5, 0.6) is 0 Å². The molecule has 5 rings (SSSR count). The van der Waals surface area contributed by atoms with Gasteiger partial charge in [0.25, 0.3) is 0 Å². The van der Waals surface area contributed by atoms with E-state index in [1.54, 1.807) is 16.7 Å². The third-order valence-electron chi connectivity index (χ3n) is 6.56. The Hall–Kier alpha value is -1.61. The van der Waals surface area contributed by atoms with E-state index in [1.807, 2.05) is 0 Å². The Morgan fingerprint density at radius 2 is 1.81 bits per heavy atom. The second-order valence-electron chi connectivity index (χ2n) is 8.27. The zero-order valence-electron chi connectivity index (χ0n) is 15.4. The Bertz CT molecular complexity index is 1040. The predicted octanol–water partition coefficient (Wildman–Crippen LogP) is 7.46. The molecule has 0 radical (unpaired) electrons. The summed E-state index contributed by atoms with van der Waals surface area (Å²) < 4.78 is 1.33. The lowest BCUT2D eigenvalue weighted by atomic mass is 9.70. The van der Waals surface area contributed by atoms with Gasteiger partial charge in [-0.15, -0.1) is 0 Å². The number of fused-ring (bicyclic) bond motifs is 3. The minimum absolute atomic E-state index is 0.233. The third-order valence-corrected chi connectivity index (χ3v) is 7.51. The fraction of sp³-hybridized carbons (Fsp3) is 0.280. The van der Waals surface area contributed by atoms with Gasteiger partial charge < -0.3 is 0 Å². The largest absolute Gasteiger partial charge is 0.0839 e. The van der Waals surface area contributed by atoms with Crippen molar-refractivity contribution in [3.63, 3.8) is 0 Å². The van der Waals surface area contributed by atoms with Crippen molar-refractivity contribution in [2.75, 3.05) is 0 Å². The lowest BCUT2D eigenvalue weighted by Gasteiger charge is -2.33. The van der Waals surface area contributed by atoms with Gasteiger partial charge in [0.15, 0.2) is 0 Å². The molecule has 1 atom stereocenters. The minimum Gasteiger partial charge on any atom is -0.0839 e. The smallest absolute Gasteiger partial charge is 0.0209 e. The number of allylic oxidation sites excluding steroid dienone is 8. The molecule has 0 heterocycles. The summed E-state index contributed by atoms with van der Waals surface area (Å²) in [6.07, 6.45) is 13.1. The first kappa shape index (κ1) is 16.6. The average molecular weight is 450 g/mol. The summed E-state index contributed by atoms with van der Waals surface area (Å²) in [5, 5.41) is 2.75. The fourth-order valence-electron chi connectivity index (χ4n) is 5.16. The molecule has 130 valence electrons. The van der Waals surface area contributed by atoms with E-state index < -0.39 is 0 Å². The summed E-state index contributed by atoms with van der Waals surface area (Å²) in [6.45, 7) is 4.89. The van der Waals surface area contributed by atoms with Crippen molar-refractivity contribution in [1.29, 1.82) is 0 Å². The van der Waals surface area contributed by atoms with Crippen LogP contribution >= 0.6 is 22.6 Å². The third kappa shape index (κ3) is 2.32. The fourth-order valence-corrected chi connectivity index (χ4v) is 5.81. The Kier molecular flexibility index (Phi) is 3.79. The van der Waals surface area contributed by atoms with Crippen LogP contribution in [-0.2, 0) is 0 Å². The SMILES string of the molecule is CC1(C)C2=C(CCC=C2)C2=CC=C(c3ccc(I)c4ccccc34)CC21. The maximum absolute atomic E-state index is 2.45. The molecular weight excluding hydrogens is 427 g/mol. The van der Waals surface area contributed by atoms with Crippen LogP contribution in [0.4, 0.5) is 0 Å². The minimum atomic E-state index is 0.233. The average Bonchev–Trinajstić information content (AvgIpc) is 2.90. The second kappa shape index (κ2) is 5.95. The van der Waals surface area contributed by atoms with Gasteiger partial charge in [0.05, 0.1) is 0 Å². The van der Waals surface area contributed by atoms with Gasteiger partial charge in [-0.1, -0.05) is 68.5 Å². The Balaban J connectivity index is 1.64. The van der Waals surface area contributed by atoms with E-state index in [-0.39, 0.29) is 5.41 Å². The number of benzene rings is 2. The molecule has 0 aromatic heterocycles. The maximum atomic E-state index is 2.45. The van der Waals surface area contributed by atoms with E-state index in [0.717, 1.165) is 6.42 Å². The van der Waals surface area contributed by atoms with E-state index in [1.165, 1.54) is 38.3 Å². The number of halogens is 1. The highest BCUT2D eigenvalue weighted by Crippen LogP contribution is 2.57. The molecule has 2 aromatic carbocycles. The zero-order chi connectivity index (χ0) is 17.9. The first-order chi connectivity index (χ1) is 12.6. The van der Waals surface area contributed by atoms with Crippen LogP contribution < -0.4 is 0 Å². The maximum Gasteiger partial charge on any atom is 0.0209 e. The summed E-state index contributed by atoms with van der Waals surface area (Å²) >= 11 is 2.45. The van der Waals surface area contributed by atoms with E-state index in [4.69, 9.17) is 0 Å². The molecule has 1 heteroatoms. The summed E-state index contributed by atoms with van der Waals surface area (Å²) in [4.78, 5) is 0. The van der Waals surface area contributed by atoms with Crippen molar-refractivity contribution >= 4 is 38.9 Å². The Morgan fingerprint density at radius 1 is 1.00 bits per heavy atom. The molecule has 0 spiro atoms. The van der Waals surface area contributed by atoms with E-state index in [9.17, 15) is 0 Å². The first-order valence-electron chi connectivity index (χ1n) is 9.56. The van der Waals surface area contributed by atoms with Crippen LogP contribution in [-0.4, -0.2) is 0 Å². The molecular formula is C25H23I. The second-order valence-corrected chi connectivity index (χ2v) is 9.43. The Labute approximate surface area is 169 Å². The summed E-state index contributed by atoms with van der Waals surface area (Å²) in [5.74, 6) is 0.605. The molecule has 2 aromatic rings. The molecule has 0 bridgehead atoms. The van der Waals surface area contributed by atoms with Gasteiger partial charge in [0.2, 0.25) is 0 Å². The van der Waals surface area contributed by atoms with Gasteiger partial charge in [0, 0.05) is 3.57 Å². The summed E-state index contributed by atoms with van der Waals surface area (Å²) in [5.41, 5.74) is 7.95. The van der Waals surface area contributed by atoms with Crippen molar-refractivity contribution in [2.45, 2.75) is 33.1 Å². The van der Waals surface area contributed by atoms with Gasteiger partial charge in [-0.05, 0) is 97.9 Å². The molecule has 0 N–H and O–H groups in total. The van der Waals surface area contributed by atoms with Crippen LogP contribution in [0.3, 0.4) is 0 Å². The summed E-state index contributed by atoms with van der Waals surface area (Å²) in [6, 6.07) is 13.4. The van der Waals surface area contributed by atoms with Gasteiger partial charge in [0.1, 0.15) is 0 Å². The molecule has 1 unspecified atom stereocenters. The lowest BCUT2D eigenvalue weighted by molar-refractivity contribution is 0.340. The molecule has 26 heavy (non-hydrogen) atoms. The number of hydrogen-bond donors (Lipinski definition) is 0. The van der Waals surface area contributed by atoms with Crippen LogP contribution in [0, 0.1) is 14.9 Å². The normalized spacial score (nSPS) is 23.6. The highest BCUT2D eigenvalue weighted by Gasteiger charge is 2.44. The van der Waals surface area contributed by atoms with Crippen molar-refractivity contribution < 1.29 is 0 Å². The highest BCUT2D eigenvalue weighted by molar-refractivity contribution is 14.1. The van der Waals surface area contributed by atoms with Crippen molar-refractivity contribution in [3.8, 4) is 0 Å². The molecule has 0 aliphatic heterocycles. The van der Waals surface area contributed by atoms with Gasteiger partial charge in [-0.25, -0.2) is 0 Å². The number of hydrogen-bond acceptors (Lipinski definition) is 0. The lowest BCUT2D eigenvalue weighted by Crippen LogP contribution is -2.23. The van der Waals surface area contributed by atoms with Crippen LogP contribution in [0.2, 0.25) is 0 Å². The van der Waals surface area contributed by atoms with E-state index in [2.05, 4.69) is 97.1 Å². The first-order valence-corrected chi connectivity index (χ1v) is 10.6. The zero-order valence-corrected chi connectivity index (χ0v) is 17.5. The topological polar surface area (TPSA) is 0 Å². The van der Waals surface area contributed by atoms with E-state index in [0.29, 0.717) is 5.92 Å². The van der Waals surface area contributed by atoms with Gasteiger partial charge in [-0.2, -0.15) is 0 Å². The summed E-state index contributed by atoms with van der Waals surface area (Å²) in [7, 11) is 0. The Morgan fingerprint density at radius 3 is 2.65 bits per heavy atom. The van der Waals surface area contributed by atoms with Crippen molar-refractivity contribution in [3.05, 3.63) is 86.6 Å². The van der Waals surface area contributed by atoms with Crippen molar-refractivity contribution in [1.82, 2.24) is 0 Å². The molecule has 0 saturated carbocycles. The number of rotatable bonds is 1.